The van der Waals surface area contributed by atoms with Crippen LogP contribution < -0.4 is 11.3 Å². The SMILES string of the molecule is COCC(Cc1ccc2ccccc2n1)NN. The first-order valence-electron chi connectivity index (χ1n) is 5.63. The molecule has 0 spiro atoms. The minimum absolute atomic E-state index is 0.0914. The van der Waals surface area contributed by atoms with Gasteiger partial charge < -0.3 is 4.74 Å². The number of para-hydroxylation sites is 1. The molecule has 0 aliphatic rings. The van der Waals surface area contributed by atoms with Gasteiger partial charge in [-0.1, -0.05) is 24.3 Å². The van der Waals surface area contributed by atoms with E-state index in [1.807, 2.05) is 24.3 Å². The first-order chi connectivity index (χ1) is 8.33. The molecule has 0 amide bonds. The summed E-state index contributed by atoms with van der Waals surface area (Å²) in [6.45, 7) is 0.574. The number of nitrogens with one attached hydrogen (secondary N) is 1. The second-order valence-corrected chi connectivity index (χ2v) is 4.02. The Labute approximate surface area is 101 Å². The molecule has 17 heavy (non-hydrogen) atoms. The summed E-state index contributed by atoms with van der Waals surface area (Å²) < 4.78 is 5.08. The van der Waals surface area contributed by atoms with Crippen molar-refractivity contribution in [3.05, 3.63) is 42.1 Å². The van der Waals surface area contributed by atoms with Crippen LogP contribution in [0.15, 0.2) is 36.4 Å². The number of hydrazine groups is 1. The van der Waals surface area contributed by atoms with E-state index < -0.39 is 0 Å². The summed E-state index contributed by atoms with van der Waals surface area (Å²) in [5, 5.41) is 1.15. The van der Waals surface area contributed by atoms with E-state index in [0.29, 0.717) is 6.61 Å². The van der Waals surface area contributed by atoms with Gasteiger partial charge in [-0.25, -0.2) is 0 Å². The highest BCUT2D eigenvalue weighted by molar-refractivity contribution is 5.78. The highest BCUT2D eigenvalue weighted by Crippen LogP contribution is 2.12. The molecule has 1 aromatic heterocycles. The minimum atomic E-state index is 0.0914. The molecule has 2 aromatic rings. The van der Waals surface area contributed by atoms with Crippen molar-refractivity contribution in [1.29, 1.82) is 0 Å². The molecule has 0 aliphatic carbocycles. The van der Waals surface area contributed by atoms with Gasteiger partial charge in [0.05, 0.1) is 12.1 Å². The molecule has 2 rings (SSSR count). The van der Waals surface area contributed by atoms with Gasteiger partial charge in [0.25, 0.3) is 0 Å². The van der Waals surface area contributed by atoms with Crippen LogP contribution in [0.1, 0.15) is 5.69 Å². The zero-order chi connectivity index (χ0) is 12.1. The van der Waals surface area contributed by atoms with Crippen LogP contribution in [-0.2, 0) is 11.2 Å². The Balaban J connectivity index is 2.18. The van der Waals surface area contributed by atoms with Crippen molar-refractivity contribution < 1.29 is 4.74 Å². The Bertz CT molecular complexity index is 487. The standard InChI is InChI=1S/C13H17N3O/c1-17-9-12(16-14)8-11-7-6-10-4-2-3-5-13(10)15-11/h2-7,12,16H,8-9,14H2,1H3. The largest absolute Gasteiger partial charge is 0.383 e. The number of benzene rings is 1. The third-order valence-electron chi connectivity index (χ3n) is 2.72. The zero-order valence-corrected chi connectivity index (χ0v) is 9.89. The summed E-state index contributed by atoms with van der Waals surface area (Å²) in [5.41, 5.74) is 4.76. The van der Waals surface area contributed by atoms with Gasteiger partial charge in [0, 0.05) is 30.7 Å². The number of pyridine rings is 1. The third-order valence-corrected chi connectivity index (χ3v) is 2.72. The lowest BCUT2D eigenvalue weighted by Crippen LogP contribution is -2.40. The van der Waals surface area contributed by atoms with Gasteiger partial charge in [-0.3, -0.25) is 16.3 Å². The predicted octanol–water partition coefficient (Wildman–Crippen LogP) is 1.26. The Hall–Kier alpha value is -1.49. The molecule has 1 heterocycles. The molecule has 90 valence electrons. The molecule has 1 atom stereocenters. The molecule has 1 unspecified atom stereocenters. The molecule has 1 aromatic carbocycles. The number of fused-ring (bicyclic) bond motifs is 1. The summed E-state index contributed by atoms with van der Waals surface area (Å²) in [4.78, 5) is 4.59. The Morgan fingerprint density at radius 3 is 2.88 bits per heavy atom. The smallest absolute Gasteiger partial charge is 0.0705 e. The number of rotatable bonds is 5. The Kier molecular flexibility index (Phi) is 4.03. The van der Waals surface area contributed by atoms with Crippen LogP contribution in [0, 0.1) is 0 Å². The summed E-state index contributed by atoms with van der Waals surface area (Å²) in [5.74, 6) is 5.46. The summed E-state index contributed by atoms with van der Waals surface area (Å²) >= 11 is 0. The van der Waals surface area contributed by atoms with Crippen LogP contribution >= 0.6 is 0 Å². The molecular formula is C13H17N3O. The molecule has 4 heteroatoms. The molecule has 4 nitrogen and oxygen atoms in total. The predicted molar refractivity (Wildman–Crippen MR) is 68.4 cm³/mol. The zero-order valence-electron chi connectivity index (χ0n) is 9.89. The second-order valence-electron chi connectivity index (χ2n) is 4.02. The van der Waals surface area contributed by atoms with E-state index >= 15 is 0 Å². The van der Waals surface area contributed by atoms with Crippen molar-refractivity contribution >= 4 is 10.9 Å². The number of nitrogens with zero attached hydrogens (tertiary/aromatic N) is 1. The molecule has 0 aliphatic heterocycles. The fourth-order valence-corrected chi connectivity index (χ4v) is 1.84. The quantitative estimate of drug-likeness (QED) is 0.600. The molecule has 0 saturated heterocycles. The van der Waals surface area contributed by atoms with E-state index in [2.05, 4.69) is 22.5 Å². The van der Waals surface area contributed by atoms with Gasteiger partial charge in [-0.05, 0) is 12.1 Å². The van der Waals surface area contributed by atoms with E-state index in [-0.39, 0.29) is 6.04 Å². The lowest BCUT2D eigenvalue weighted by atomic mass is 10.1. The van der Waals surface area contributed by atoms with Crippen LogP contribution in [0.25, 0.3) is 10.9 Å². The first-order valence-corrected chi connectivity index (χ1v) is 5.63. The number of nitrogens with two attached hydrogens (primary N) is 1. The van der Waals surface area contributed by atoms with Crippen LogP contribution in [0.5, 0.6) is 0 Å². The fraction of sp³-hybridized carbons (Fsp3) is 0.308. The summed E-state index contributed by atoms with van der Waals surface area (Å²) in [6, 6.07) is 12.3. The maximum atomic E-state index is 5.46. The summed E-state index contributed by atoms with van der Waals surface area (Å²) in [6.07, 6.45) is 0.759. The van der Waals surface area contributed by atoms with Crippen molar-refractivity contribution in [2.45, 2.75) is 12.5 Å². The van der Waals surface area contributed by atoms with Crippen molar-refractivity contribution in [3.63, 3.8) is 0 Å². The van der Waals surface area contributed by atoms with Gasteiger partial charge in [-0.15, -0.1) is 0 Å². The topological polar surface area (TPSA) is 60.2 Å². The van der Waals surface area contributed by atoms with E-state index in [9.17, 15) is 0 Å². The van der Waals surface area contributed by atoms with E-state index in [4.69, 9.17) is 10.6 Å². The van der Waals surface area contributed by atoms with Crippen molar-refractivity contribution in [2.24, 2.45) is 5.84 Å². The lowest BCUT2D eigenvalue weighted by molar-refractivity contribution is 0.166. The minimum Gasteiger partial charge on any atom is -0.383 e. The van der Waals surface area contributed by atoms with Gasteiger partial charge in [0.2, 0.25) is 0 Å². The highest BCUT2D eigenvalue weighted by atomic mass is 16.5. The number of hydrogen-bond donors (Lipinski definition) is 2. The average molecular weight is 231 g/mol. The second kappa shape index (κ2) is 5.72. The molecule has 0 radical (unpaired) electrons. The monoisotopic (exact) mass is 231 g/mol. The van der Waals surface area contributed by atoms with Crippen LogP contribution in [0.3, 0.4) is 0 Å². The van der Waals surface area contributed by atoms with Crippen molar-refractivity contribution in [1.82, 2.24) is 10.4 Å². The van der Waals surface area contributed by atoms with Gasteiger partial charge in [-0.2, -0.15) is 0 Å². The molecular weight excluding hydrogens is 214 g/mol. The van der Waals surface area contributed by atoms with Crippen LogP contribution in [0.4, 0.5) is 0 Å². The third kappa shape index (κ3) is 3.00. The van der Waals surface area contributed by atoms with Crippen LogP contribution in [-0.4, -0.2) is 24.7 Å². The fourth-order valence-electron chi connectivity index (χ4n) is 1.84. The number of methoxy groups -OCH3 is 1. The molecule has 0 fully saturated rings. The van der Waals surface area contributed by atoms with E-state index in [1.54, 1.807) is 7.11 Å². The van der Waals surface area contributed by atoms with E-state index in [1.165, 1.54) is 0 Å². The Morgan fingerprint density at radius 2 is 2.12 bits per heavy atom. The van der Waals surface area contributed by atoms with Gasteiger partial charge in [0.1, 0.15) is 0 Å². The normalized spacial score (nSPS) is 12.8. The first kappa shape index (κ1) is 12.0. The maximum absolute atomic E-state index is 5.46. The Morgan fingerprint density at radius 1 is 1.29 bits per heavy atom. The van der Waals surface area contributed by atoms with Crippen molar-refractivity contribution in [2.75, 3.05) is 13.7 Å². The van der Waals surface area contributed by atoms with Gasteiger partial charge in [0.15, 0.2) is 0 Å². The average Bonchev–Trinajstić information content (AvgIpc) is 2.38. The lowest BCUT2D eigenvalue weighted by Gasteiger charge is -2.14. The van der Waals surface area contributed by atoms with Crippen LogP contribution in [0.2, 0.25) is 0 Å². The van der Waals surface area contributed by atoms with Gasteiger partial charge >= 0.3 is 0 Å². The number of aromatic nitrogens is 1. The molecule has 3 N–H and O–H groups in total. The maximum Gasteiger partial charge on any atom is 0.0705 e. The highest BCUT2D eigenvalue weighted by Gasteiger charge is 2.08. The number of ether oxygens (including phenoxy) is 1. The van der Waals surface area contributed by atoms with E-state index in [0.717, 1.165) is 23.0 Å². The van der Waals surface area contributed by atoms with Crippen molar-refractivity contribution in [3.8, 4) is 0 Å². The number of hydrogen-bond acceptors (Lipinski definition) is 4. The molecule has 0 saturated carbocycles. The summed E-state index contributed by atoms with van der Waals surface area (Å²) in [7, 11) is 1.66. The molecule has 0 bridgehead atoms.